The van der Waals surface area contributed by atoms with Crippen LogP contribution in [0.3, 0.4) is 0 Å². The molecule has 20 heavy (non-hydrogen) atoms. The summed E-state index contributed by atoms with van der Waals surface area (Å²) in [6, 6.07) is 11.4. The molecule has 0 amide bonds. The largest absolute Gasteiger partial charge is 0.207 e. The van der Waals surface area contributed by atoms with Gasteiger partial charge >= 0.3 is 0 Å². The zero-order chi connectivity index (χ0) is 14.5. The smallest absolute Gasteiger partial charge is 0.129 e. The molecule has 0 nitrogen and oxygen atoms in total. The van der Waals surface area contributed by atoms with Crippen LogP contribution < -0.4 is 0 Å². The summed E-state index contributed by atoms with van der Waals surface area (Å²) < 4.78 is 26.6. The van der Waals surface area contributed by atoms with Gasteiger partial charge in [0.1, 0.15) is 11.6 Å². The average molecular weight is 360 g/mol. The van der Waals surface area contributed by atoms with Crippen molar-refractivity contribution in [1.29, 1.82) is 0 Å². The van der Waals surface area contributed by atoms with Crippen molar-refractivity contribution >= 4 is 27.5 Å². The van der Waals surface area contributed by atoms with Crippen molar-refractivity contribution in [3.05, 3.63) is 70.2 Å². The van der Waals surface area contributed by atoms with Gasteiger partial charge < -0.3 is 0 Å². The number of hydrogen-bond donors (Lipinski definition) is 0. The fourth-order valence-corrected chi connectivity index (χ4v) is 2.83. The van der Waals surface area contributed by atoms with Gasteiger partial charge in [-0.05, 0) is 42.0 Å². The Morgan fingerprint density at radius 3 is 2.35 bits per heavy atom. The molecule has 2 rings (SSSR count). The zero-order valence-corrected chi connectivity index (χ0v) is 13.1. The number of hydrogen-bond acceptors (Lipinski definition) is 0. The van der Waals surface area contributed by atoms with E-state index in [2.05, 4.69) is 15.9 Å². The van der Waals surface area contributed by atoms with Crippen LogP contribution >= 0.6 is 27.5 Å². The van der Waals surface area contributed by atoms with Crippen LogP contribution in [-0.4, -0.2) is 5.33 Å². The van der Waals surface area contributed by atoms with E-state index in [1.54, 1.807) is 0 Å². The summed E-state index contributed by atoms with van der Waals surface area (Å²) in [5.74, 6) is -0.835. The monoisotopic (exact) mass is 358 g/mol. The second kappa shape index (κ2) is 7.19. The Morgan fingerprint density at radius 2 is 1.70 bits per heavy atom. The van der Waals surface area contributed by atoms with Crippen molar-refractivity contribution in [2.45, 2.75) is 12.8 Å². The van der Waals surface area contributed by atoms with E-state index >= 15 is 0 Å². The maximum absolute atomic E-state index is 13.7. The van der Waals surface area contributed by atoms with Crippen molar-refractivity contribution in [3.63, 3.8) is 0 Å². The van der Waals surface area contributed by atoms with Crippen LogP contribution in [0.5, 0.6) is 0 Å². The molecule has 0 saturated heterocycles. The first-order valence-electron chi connectivity index (χ1n) is 6.33. The molecule has 2 aromatic rings. The molecule has 0 aliphatic carbocycles. The van der Waals surface area contributed by atoms with Gasteiger partial charge in [-0.25, -0.2) is 8.78 Å². The van der Waals surface area contributed by atoms with Gasteiger partial charge in [-0.15, -0.1) is 0 Å². The summed E-state index contributed by atoms with van der Waals surface area (Å²) in [5.41, 5.74) is 1.57. The van der Waals surface area contributed by atoms with Crippen LogP contribution in [0.4, 0.5) is 8.78 Å². The third kappa shape index (κ3) is 4.03. The molecule has 4 heteroatoms. The Bertz CT molecular complexity index is 586. The fourth-order valence-electron chi connectivity index (χ4n) is 2.15. The summed E-state index contributed by atoms with van der Waals surface area (Å²) in [6.07, 6.45) is 1.30. The van der Waals surface area contributed by atoms with Gasteiger partial charge in [-0.3, -0.25) is 0 Å². The maximum Gasteiger partial charge on any atom is 0.129 e. The zero-order valence-electron chi connectivity index (χ0n) is 10.8. The number of alkyl halides is 1. The van der Waals surface area contributed by atoms with Crippen LogP contribution in [-0.2, 0) is 12.8 Å². The molecule has 0 fully saturated rings. The molecule has 0 aromatic heterocycles. The molecular formula is C16H14BrClF2. The minimum absolute atomic E-state index is 0.204. The van der Waals surface area contributed by atoms with Gasteiger partial charge in [0, 0.05) is 16.4 Å². The summed E-state index contributed by atoms with van der Waals surface area (Å²) in [6.45, 7) is 0. The van der Waals surface area contributed by atoms with E-state index in [9.17, 15) is 8.78 Å². The van der Waals surface area contributed by atoms with Crippen molar-refractivity contribution in [3.8, 4) is 0 Å². The van der Waals surface area contributed by atoms with E-state index in [1.165, 1.54) is 12.1 Å². The van der Waals surface area contributed by atoms with Crippen LogP contribution in [0.2, 0.25) is 5.02 Å². The van der Waals surface area contributed by atoms with Crippen LogP contribution in [0, 0.1) is 17.6 Å². The lowest BCUT2D eigenvalue weighted by Gasteiger charge is -2.15. The van der Waals surface area contributed by atoms with Gasteiger partial charge in [0.2, 0.25) is 0 Å². The van der Waals surface area contributed by atoms with Gasteiger partial charge in [-0.2, -0.15) is 0 Å². The van der Waals surface area contributed by atoms with E-state index in [1.807, 2.05) is 24.3 Å². The molecular weight excluding hydrogens is 346 g/mol. The highest BCUT2D eigenvalue weighted by Gasteiger charge is 2.14. The Hall–Kier alpha value is -0.930. The first-order chi connectivity index (χ1) is 9.60. The molecule has 1 unspecified atom stereocenters. The quantitative estimate of drug-likeness (QED) is 0.626. The van der Waals surface area contributed by atoms with E-state index in [-0.39, 0.29) is 5.92 Å². The number of halogens is 4. The summed E-state index contributed by atoms with van der Waals surface area (Å²) in [4.78, 5) is 0. The lowest BCUT2D eigenvalue weighted by Crippen LogP contribution is -2.11. The molecule has 0 saturated carbocycles. The number of rotatable bonds is 5. The first-order valence-corrected chi connectivity index (χ1v) is 7.83. The van der Waals surface area contributed by atoms with Crippen molar-refractivity contribution < 1.29 is 8.78 Å². The third-order valence-electron chi connectivity index (χ3n) is 3.21. The molecule has 0 heterocycles. The van der Waals surface area contributed by atoms with Gasteiger partial charge in [0.15, 0.2) is 0 Å². The Balaban J connectivity index is 2.11. The number of benzene rings is 2. The van der Waals surface area contributed by atoms with Gasteiger partial charge in [0.25, 0.3) is 0 Å². The molecule has 1 atom stereocenters. The highest BCUT2D eigenvalue weighted by Crippen LogP contribution is 2.23. The predicted molar refractivity (Wildman–Crippen MR) is 82.5 cm³/mol. The minimum atomic E-state index is -0.548. The summed E-state index contributed by atoms with van der Waals surface area (Å²) in [5, 5.41) is 1.45. The van der Waals surface area contributed by atoms with Crippen LogP contribution in [0.15, 0.2) is 42.5 Å². The van der Waals surface area contributed by atoms with Crippen molar-refractivity contribution in [2.24, 2.45) is 5.92 Å². The normalized spacial score (nSPS) is 12.4. The molecule has 0 N–H and O–H groups in total. The fraction of sp³-hybridized carbons (Fsp3) is 0.250. The Kier molecular flexibility index (Phi) is 5.55. The Labute approximate surface area is 130 Å². The predicted octanol–water partition coefficient (Wildman–Crippen LogP) is 5.41. The maximum atomic E-state index is 13.7. The molecule has 0 bridgehead atoms. The second-order valence-corrected chi connectivity index (χ2v) is 5.81. The lowest BCUT2D eigenvalue weighted by molar-refractivity contribution is 0.537. The Morgan fingerprint density at radius 1 is 1.00 bits per heavy atom. The van der Waals surface area contributed by atoms with Crippen LogP contribution in [0.1, 0.15) is 11.1 Å². The first kappa shape index (κ1) is 15.5. The third-order valence-corrected chi connectivity index (χ3v) is 4.49. The summed E-state index contributed by atoms with van der Waals surface area (Å²) in [7, 11) is 0. The SMILES string of the molecule is Fc1ccc(CC(CBr)Cc2ccccc2Cl)c(F)c1. The molecule has 0 aliphatic heterocycles. The van der Waals surface area contributed by atoms with Crippen molar-refractivity contribution in [1.82, 2.24) is 0 Å². The van der Waals surface area contributed by atoms with Crippen molar-refractivity contribution in [2.75, 3.05) is 5.33 Å². The van der Waals surface area contributed by atoms with Crippen LogP contribution in [0.25, 0.3) is 0 Å². The molecule has 2 aromatic carbocycles. The summed E-state index contributed by atoms with van der Waals surface area (Å²) >= 11 is 9.60. The van der Waals surface area contributed by atoms with Gasteiger partial charge in [-0.1, -0.05) is 51.8 Å². The van der Waals surface area contributed by atoms with E-state index < -0.39 is 11.6 Å². The standard InChI is InChI=1S/C16H14BrClF2/c17-10-11(7-12-3-1-2-4-15(12)18)8-13-5-6-14(19)9-16(13)20/h1-6,9,11H,7-8,10H2. The lowest BCUT2D eigenvalue weighted by atomic mass is 9.94. The highest BCUT2D eigenvalue weighted by atomic mass is 79.9. The molecule has 106 valence electrons. The highest BCUT2D eigenvalue weighted by molar-refractivity contribution is 9.09. The van der Waals surface area contributed by atoms with E-state index in [0.717, 1.165) is 28.4 Å². The van der Waals surface area contributed by atoms with E-state index in [0.29, 0.717) is 12.0 Å². The molecule has 0 radical (unpaired) electrons. The van der Waals surface area contributed by atoms with Gasteiger partial charge in [0.05, 0.1) is 0 Å². The topological polar surface area (TPSA) is 0 Å². The minimum Gasteiger partial charge on any atom is -0.207 e. The second-order valence-electron chi connectivity index (χ2n) is 4.76. The molecule has 0 spiro atoms. The molecule has 0 aliphatic rings. The average Bonchev–Trinajstić information content (AvgIpc) is 2.43. The van der Waals surface area contributed by atoms with E-state index in [4.69, 9.17) is 11.6 Å².